The monoisotopic (exact) mass is 349 g/mol. The quantitative estimate of drug-likeness (QED) is 0.692. The lowest BCUT2D eigenvalue weighted by Crippen LogP contribution is -2.19. The Kier molecular flexibility index (Phi) is 3.82. The molecular formula is C19H15N3O2S. The number of phenolic OH excluding ortho intramolecular Hbond substituents is 1. The average Bonchev–Trinajstić information content (AvgIpc) is 3.09. The third-order valence-electron chi connectivity index (χ3n) is 3.93. The number of para-hydroxylation sites is 1. The molecule has 5 nitrogen and oxygen atoms in total. The number of hydrogen-bond donors (Lipinski definition) is 2. The molecule has 1 aliphatic heterocycles. The Bertz CT molecular complexity index is 1050. The number of carbonyl (C=O) groups is 1. The first-order valence-corrected chi connectivity index (χ1v) is 8.54. The number of amidine groups is 1. The van der Waals surface area contributed by atoms with Crippen molar-refractivity contribution in [3.05, 3.63) is 65.2 Å². The lowest BCUT2D eigenvalue weighted by molar-refractivity contribution is -0.115. The van der Waals surface area contributed by atoms with Crippen molar-refractivity contribution >= 4 is 45.5 Å². The van der Waals surface area contributed by atoms with Gasteiger partial charge in [0.2, 0.25) is 0 Å². The van der Waals surface area contributed by atoms with Crippen LogP contribution in [0.4, 0.5) is 5.69 Å². The molecule has 0 spiro atoms. The van der Waals surface area contributed by atoms with Crippen LogP contribution in [-0.4, -0.2) is 20.7 Å². The van der Waals surface area contributed by atoms with Gasteiger partial charge in [-0.3, -0.25) is 4.79 Å². The Hall–Kier alpha value is -2.99. The number of rotatable bonds is 2. The zero-order chi connectivity index (χ0) is 17.4. The fourth-order valence-electron chi connectivity index (χ4n) is 2.79. The molecule has 2 aromatic carbocycles. The van der Waals surface area contributed by atoms with Gasteiger partial charge < -0.3 is 15.0 Å². The van der Waals surface area contributed by atoms with E-state index in [-0.39, 0.29) is 11.7 Å². The number of carbonyl (C=O) groups excluding carboxylic acids is 1. The molecule has 0 bridgehead atoms. The molecule has 2 N–H and O–H groups in total. The molecule has 6 heteroatoms. The molecule has 1 amide bonds. The highest BCUT2D eigenvalue weighted by Gasteiger charge is 2.24. The highest BCUT2D eigenvalue weighted by atomic mass is 32.2. The number of aromatic hydroxyl groups is 1. The first-order chi connectivity index (χ1) is 12.1. The van der Waals surface area contributed by atoms with E-state index in [9.17, 15) is 9.90 Å². The van der Waals surface area contributed by atoms with E-state index in [0.29, 0.717) is 15.8 Å². The van der Waals surface area contributed by atoms with Gasteiger partial charge in [-0.15, -0.1) is 0 Å². The van der Waals surface area contributed by atoms with Crippen LogP contribution in [0.1, 0.15) is 5.56 Å². The van der Waals surface area contributed by atoms with Crippen molar-refractivity contribution in [2.45, 2.75) is 0 Å². The summed E-state index contributed by atoms with van der Waals surface area (Å²) in [6.45, 7) is 0. The molecule has 0 unspecified atom stereocenters. The molecule has 1 aliphatic rings. The minimum Gasteiger partial charge on any atom is -0.508 e. The van der Waals surface area contributed by atoms with Crippen molar-refractivity contribution in [1.29, 1.82) is 0 Å². The van der Waals surface area contributed by atoms with E-state index < -0.39 is 0 Å². The van der Waals surface area contributed by atoms with Gasteiger partial charge in [-0.25, -0.2) is 4.99 Å². The Morgan fingerprint density at radius 2 is 2.04 bits per heavy atom. The van der Waals surface area contributed by atoms with Crippen molar-refractivity contribution < 1.29 is 9.90 Å². The summed E-state index contributed by atoms with van der Waals surface area (Å²) in [5.41, 5.74) is 2.70. The van der Waals surface area contributed by atoms with Gasteiger partial charge in [0, 0.05) is 35.8 Å². The highest BCUT2D eigenvalue weighted by molar-refractivity contribution is 8.18. The predicted molar refractivity (Wildman–Crippen MR) is 102 cm³/mol. The normalized spacial score (nSPS) is 17.6. The average molecular weight is 349 g/mol. The second-order valence-corrected chi connectivity index (χ2v) is 6.74. The molecule has 4 rings (SSSR count). The van der Waals surface area contributed by atoms with Gasteiger partial charge >= 0.3 is 0 Å². The number of aliphatic imine (C=N–C) groups is 1. The third kappa shape index (κ3) is 3.04. The zero-order valence-electron chi connectivity index (χ0n) is 13.4. The maximum Gasteiger partial charge on any atom is 0.264 e. The Morgan fingerprint density at radius 3 is 2.88 bits per heavy atom. The number of hydrogen-bond acceptors (Lipinski definition) is 4. The largest absolute Gasteiger partial charge is 0.508 e. The van der Waals surface area contributed by atoms with E-state index in [1.165, 1.54) is 11.8 Å². The maximum atomic E-state index is 12.3. The van der Waals surface area contributed by atoms with Crippen molar-refractivity contribution in [1.82, 2.24) is 9.88 Å². The van der Waals surface area contributed by atoms with Crippen LogP contribution in [0.3, 0.4) is 0 Å². The number of benzene rings is 2. The number of aromatic nitrogens is 1. The summed E-state index contributed by atoms with van der Waals surface area (Å²) in [6, 6.07) is 14.7. The van der Waals surface area contributed by atoms with Crippen molar-refractivity contribution in [3.63, 3.8) is 0 Å². The third-order valence-corrected chi connectivity index (χ3v) is 4.84. The molecule has 2 heterocycles. The molecule has 1 fully saturated rings. The molecule has 0 atom stereocenters. The van der Waals surface area contributed by atoms with Crippen LogP contribution in [0.2, 0.25) is 0 Å². The van der Waals surface area contributed by atoms with Gasteiger partial charge in [0.1, 0.15) is 5.75 Å². The summed E-state index contributed by atoms with van der Waals surface area (Å²) >= 11 is 1.29. The number of amides is 1. The number of nitrogens with zero attached hydrogens (tertiary/aromatic N) is 2. The van der Waals surface area contributed by atoms with Crippen LogP contribution in [0.25, 0.3) is 17.0 Å². The van der Waals surface area contributed by atoms with E-state index >= 15 is 0 Å². The molecular weight excluding hydrogens is 334 g/mol. The molecule has 124 valence electrons. The van der Waals surface area contributed by atoms with Crippen LogP contribution in [0.15, 0.2) is 64.6 Å². The predicted octanol–water partition coefficient (Wildman–Crippen LogP) is 3.78. The van der Waals surface area contributed by atoms with Crippen molar-refractivity contribution in [2.24, 2.45) is 12.0 Å². The van der Waals surface area contributed by atoms with E-state index in [0.717, 1.165) is 16.5 Å². The van der Waals surface area contributed by atoms with Crippen LogP contribution in [-0.2, 0) is 11.8 Å². The lowest BCUT2D eigenvalue weighted by Gasteiger charge is -1.96. The Balaban J connectivity index is 1.67. The summed E-state index contributed by atoms with van der Waals surface area (Å²) in [4.78, 5) is 17.2. The van der Waals surface area contributed by atoms with Gasteiger partial charge in [-0.2, -0.15) is 0 Å². The van der Waals surface area contributed by atoms with Gasteiger partial charge in [0.05, 0.1) is 10.6 Å². The number of nitrogens with one attached hydrogen (secondary N) is 1. The number of phenols is 1. The summed E-state index contributed by atoms with van der Waals surface area (Å²) in [6.07, 6.45) is 3.89. The Morgan fingerprint density at radius 1 is 1.20 bits per heavy atom. The summed E-state index contributed by atoms with van der Waals surface area (Å²) in [5.74, 6) is -0.0282. The van der Waals surface area contributed by atoms with E-state index in [2.05, 4.69) is 10.3 Å². The van der Waals surface area contributed by atoms with E-state index in [1.54, 1.807) is 24.3 Å². The number of thioether (sulfide) groups is 1. The highest BCUT2D eigenvalue weighted by Crippen LogP contribution is 2.31. The minimum absolute atomic E-state index is 0.141. The second kappa shape index (κ2) is 6.14. The fourth-order valence-corrected chi connectivity index (χ4v) is 3.62. The molecule has 1 saturated heterocycles. The summed E-state index contributed by atoms with van der Waals surface area (Å²) in [7, 11) is 1.99. The van der Waals surface area contributed by atoms with Crippen LogP contribution in [0, 0.1) is 0 Å². The van der Waals surface area contributed by atoms with Gasteiger partial charge in [0.25, 0.3) is 5.91 Å². The summed E-state index contributed by atoms with van der Waals surface area (Å²) in [5, 5.41) is 13.9. The molecule has 3 aromatic rings. The van der Waals surface area contributed by atoms with Crippen LogP contribution in [0.5, 0.6) is 5.75 Å². The first kappa shape index (κ1) is 15.5. The van der Waals surface area contributed by atoms with E-state index in [1.807, 2.05) is 48.2 Å². The summed E-state index contributed by atoms with van der Waals surface area (Å²) < 4.78 is 2.04. The van der Waals surface area contributed by atoms with Crippen molar-refractivity contribution in [3.8, 4) is 5.75 Å². The second-order valence-electron chi connectivity index (χ2n) is 5.71. The molecule has 1 aromatic heterocycles. The number of fused-ring (bicyclic) bond motifs is 1. The Labute approximate surface area is 148 Å². The fraction of sp³-hybridized carbons (Fsp3) is 0.0526. The van der Waals surface area contributed by atoms with Gasteiger partial charge in [-0.1, -0.05) is 24.3 Å². The standard InChI is InChI=1S/C19H15N3O2S/c1-22-11-12(15-7-2-3-8-16(15)22)9-17-18(24)21-19(25-17)20-13-5-4-6-14(23)10-13/h2-11,23H,1H3,(H,20,21,24)/b17-9+. The topological polar surface area (TPSA) is 66.6 Å². The van der Waals surface area contributed by atoms with Gasteiger partial charge in [-0.05, 0) is 36.0 Å². The SMILES string of the molecule is Cn1cc(/C=C2/SC(=Nc3cccc(O)c3)NC2=O)c2ccccc21. The van der Waals surface area contributed by atoms with Gasteiger partial charge in [0.15, 0.2) is 5.17 Å². The zero-order valence-corrected chi connectivity index (χ0v) is 14.2. The first-order valence-electron chi connectivity index (χ1n) is 7.73. The van der Waals surface area contributed by atoms with Crippen LogP contribution >= 0.6 is 11.8 Å². The molecule has 0 saturated carbocycles. The molecule has 25 heavy (non-hydrogen) atoms. The number of aryl methyl sites for hydroxylation is 1. The molecule has 0 aliphatic carbocycles. The minimum atomic E-state index is -0.170. The van der Waals surface area contributed by atoms with E-state index in [4.69, 9.17) is 0 Å². The lowest BCUT2D eigenvalue weighted by atomic mass is 10.1. The smallest absolute Gasteiger partial charge is 0.264 e. The molecule has 0 radical (unpaired) electrons. The maximum absolute atomic E-state index is 12.3. The van der Waals surface area contributed by atoms with Crippen molar-refractivity contribution in [2.75, 3.05) is 0 Å². The van der Waals surface area contributed by atoms with Crippen LogP contribution < -0.4 is 5.32 Å².